The van der Waals surface area contributed by atoms with Crippen molar-refractivity contribution in [2.75, 3.05) is 19.0 Å². The Kier molecular flexibility index (Phi) is 7.73. The Morgan fingerprint density at radius 3 is 2.09 bits per heavy atom. The first-order valence-electron chi connectivity index (χ1n) is 8.26. The second kappa shape index (κ2) is 9.04. The summed E-state index contributed by atoms with van der Waals surface area (Å²) in [5.41, 5.74) is 2.90. The van der Waals surface area contributed by atoms with Gasteiger partial charge in [0.15, 0.2) is 6.54 Å². The van der Waals surface area contributed by atoms with Crippen molar-refractivity contribution in [1.82, 2.24) is 4.48 Å². The van der Waals surface area contributed by atoms with E-state index in [1.54, 1.807) is 0 Å². The third-order valence-electron chi connectivity index (χ3n) is 4.28. The third kappa shape index (κ3) is 4.33. The molecule has 0 spiro atoms. The molecule has 0 aliphatic heterocycles. The molecule has 0 bridgehead atoms. The lowest BCUT2D eigenvalue weighted by atomic mass is 9.98. The number of hydrogen-bond acceptors (Lipinski definition) is 2. The number of nitrogens with zero attached hydrogens (tertiary/aromatic N) is 1. The smallest absolute Gasteiger partial charge is 0.360 e. The largest absolute Gasteiger partial charge is 0.477 e. The Hall–Kier alpha value is -1.39. The number of unbranched alkanes of at least 4 members (excludes halogenated alkanes) is 1. The molecule has 1 atom stereocenters. The molecule has 4 nitrogen and oxygen atoms in total. The minimum Gasteiger partial charge on any atom is -0.477 e. The molecule has 0 saturated carbocycles. The molecule has 1 unspecified atom stereocenters. The summed E-state index contributed by atoms with van der Waals surface area (Å²) in [7, 11) is 0. The van der Waals surface area contributed by atoms with Crippen LogP contribution < -0.4 is 4.48 Å². The third-order valence-corrected chi connectivity index (χ3v) is 4.51. The molecular formula is C18H27ClNO3+. The number of carbonyl (C=O) groups excluding carboxylic acids is 1. The van der Waals surface area contributed by atoms with Crippen molar-refractivity contribution in [3.05, 3.63) is 29.3 Å². The molecule has 0 aliphatic carbocycles. The zero-order chi connectivity index (χ0) is 17.5. The van der Waals surface area contributed by atoms with Gasteiger partial charge in [0.2, 0.25) is 0 Å². The number of rotatable bonds is 9. The Morgan fingerprint density at radius 2 is 1.70 bits per heavy atom. The van der Waals surface area contributed by atoms with Crippen LogP contribution in [0, 0.1) is 0 Å². The number of benzene rings is 1. The first-order valence-corrected chi connectivity index (χ1v) is 8.79. The molecule has 0 radical (unpaired) electrons. The van der Waals surface area contributed by atoms with Crippen LogP contribution in [-0.4, -0.2) is 36.0 Å². The summed E-state index contributed by atoms with van der Waals surface area (Å²) in [6.45, 7) is 6.30. The number of alkyl halides is 1. The van der Waals surface area contributed by atoms with Gasteiger partial charge in [-0.25, -0.2) is 14.1 Å². The van der Waals surface area contributed by atoms with Gasteiger partial charge in [0.1, 0.15) is 11.6 Å². The average molecular weight is 341 g/mol. The van der Waals surface area contributed by atoms with Gasteiger partial charge in [0.05, 0.1) is 6.54 Å². The standard InChI is InChI=1S/C18H26ClNO3/c1-4-7-11-20(13-17(22)23,16(21)12-19)18-14(5-2)9-8-10-15(18)6-3/h8-10H,4-7,11-13H2,1-3H3/p+1. The van der Waals surface area contributed by atoms with Crippen molar-refractivity contribution in [1.29, 1.82) is 0 Å². The molecular weight excluding hydrogens is 314 g/mol. The van der Waals surface area contributed by atoms with Gasteiger partial charge < -0.3 is 5.11 Å². The summed E-state index contributed by atoms with van der Waals surface area (Å²) in [6, 6.07) is 5.94. The summed E-state index contributed by atoms with van der Waals surface area (Å²) in [4.78, 5) is 24.3. The topological polar surface area (TPSA) is 54.4 Å². The van der Waals surface area contributed by atoms with Crippen LogP contribution in [0.15, 0.2) is 18.2 Å². The van der Waals surface area contributed by atoms with Gasteiger partial charge in [-0.2, -0.15) is 0 Å². The Balaban J connectivity index is 3.66. The first kappa shape index (κ1) is 19.7. The molecule has 5 heteroatoms. The summed E-state index contributed by atoms with van der Waals surface area (Å²) >= 11 is 5.88. The van der Waals surface area contributed by atoms with E-state index in [4.69, 9.17) is 11.6 Å². The molecule has 0 aromatic heterocycles. The highest BCUT2D eigenvalue weighted by Crippen LogP contribution is 2.34. The van der Waals surface area contributed by atoms with Crippen LogP contribution in [0.5, 0.6) is 0 Å². The highest BCUT2D eigenvalue weighted by Gasteiger charge is 2.43. The van der Waals surface area contributed by atoms with E-state index in [-0.39, 0.29) is 22.8 Å². The molecule has 0 heterocycles. The minimum atomic E-state index is -0.979. The van der Waals surface area contributed by atoms with E-state index in [0.29, 0.717) is 6.54 Å². The van der Waals surface area contributed by atoms with E-state index in [9.17, 15) is 14.7 Å². The van der Waals surface area contributed by atoms with Gasteiger partial charge in [-0.05, 0) is 19.3 Å². The van der Waals surface area contributed by atoms with Gasteiger partial charge >= 0.3 is 11.9 Å². The summed E-state index contributed by atoms with van der Waals surface area (Å²) in [5, 5.41) is 9.47. The lowest BCUT2D eigenvalue weighted by molar-refractivity contribution is -0.143. The minimum absolute atomic E-state index is 0.181. The number of quaternary nitrogens is 1. The van der Waals surface area contributed by atoms with E-state index in [0.717, 1.165) is 42.5 Å². The van der Waals surface area contributed by atoms with Crippen molar-refractivity contribution in [3.8, 4) is 0 Å². The molecule has 1 N–H and O–H groups in total. The summed E-state index contributed by atoms with van der Waals surface area (Å²) < 4.78 is -0.181. The molecule has 0 fully saturated rings. The fourth-order valence-corrected chi connectivity index (χ4v) is 3.37. The number of amides is 1. The second-order valence-corrected chi connectivity index (χ2v) is 6.02. The lowest BCUT2D eigenvalue weighted by Gasteiger charge is -2.36. The number of aliphatic carboxylic acids is 1. The van der Waals surface area contributed by atoms with E-state index >= 15 is 0 Å². The summed E-state index contributed by atoms with van der Waals surface area (Å²) in [6.07, 6.45) is 3.18. The molecule has 1 amide bonds. The lowest BCUT2D eigenvalue weighted by Crippen LogP contribution is -2.59. The van der Waals surface area contributed by atoms with Crippen LogP contribution in [0.3, 0.4) is 0 Å². The number of carbonyl (C=O) groups is 2. The highest BCUT2D eigenvalue weighted by molar-refractivity contribution is 6.28. The van der Waals surface area contributed by atoms with Gasteiger partial charge in [-0.3, -0.25) is 0 Å². The maximum absolute atomic E-state index is 12.8. The first-order chi connectivity index (χ1) is 11.0. The van der Waals surface area contributed by atoms with Gasteiger partial charge in [0.25, 0.3) is 0 Å². The predicted molar refractivity (Wildman–Crippen MR) is 95.0 cm³/mol. The monoisotopic (exact) mass is 340 g/mol. The molecule has 23 heavy (non-hydrogen) atoms. The van der Waals surface area contributed by atoms with Crippen LogP contribution >= 0.6 is 11.6 Å². The second-order valence-electron chi connectivity index (χ2n) is 5.76. The number of carboxylic acid groups (broad SMARTS) is 1. The number of halogens is 1. The van der Waals surface area contributed by atoms with E-state index in [1.165, 1.54) is 0 Å². The van der Waals surface area contributed by atoms with Crippen LogP contribution in [0.25, 0.3) is 0 Å². The molecule has 0 saturated heterocycles. The van der Waals surface area contributed by atoms with Crippen LogP contribution in [-0.2, 0) is 22.4 Å². The maximum atomic E-state index is 12.8. The van der Waals surface area contributed by atoms with Crippen LogP contribution in [0.2, 0.25) is 0 Å². The fraction of sp³-hybridized carbons (Fsp3) is 0.556. The molecule has 1 aromatic carbocycles. The number of aryl methyl sites for hydroxylation is 2. The van der Waals surface area contributed by atoms with E-state index in [1.807, 2.05) is 39.0 Å². The van der Waals surface area contributed by atoms with Crippen molar-refractivity contribution in [3.63, 3.8) is 0 Å². The molecule has 128 valence electrons. The van der Waals surface area contributed by atoms with Crippen molar-refractivity contribution in [2.45, 2.75) is 46.5 Å². The Bertz CT molecular complexity index is 537. The van der Waals surface area contributed by atoms with Gasteiger partial charge in [-0.15, -0.1) is 11.6 Å². The normalized spacial score (nSPS) is 13.6. The molecule has 1 rings (SSSR count). The number of para-hydroxylation sites is 1. The van der Waals surface area contributed by atoms with Crippen molar-refractivity contribution < 1.29 is 14.7 Å². The quantitative estimate of drug-likeness (QED) is 0.550. The predicted octanol–water partition coefficient (Wildman–Crippen LogP) is 3.77. The van der Waals surface area contributed by atoms with E-state index < -0.39 is 5.97 Å². The Labute approximate surface area is 143 Å². The number of hydrogen-bond donors (Lipinski definition) is 1. The van der Waals surface area contributed by atoms with Crippen LogP contribution in [0.1, 0.15) is 44.7 Å². The van der Waals surface area contributed by atoms with Crippen molar-refractivity contribution >= 4 is 29.2 Å². The van der Waals surface area contributed by atoms with Crippen LogP contribution in [0.4, 0.5) is 5.69 Å². The van der Waals surface area contributed by atoms with Crippen molar-refractivity contribution in [2.24, 2.45) is 0 Å². The van der Waals surface area contributed by atoms with Gasteiger partial charge in [0, 0.05) is 11.1 Å². The maximum Gasteiger partial charge on any atom is 0.360 e. The summed E-state index contributed by atoms with van der Waals surface area (Å²) in [5.74, 6) is -1.40. The van der Waals surface area contributed by atoms with Gasteiger partial charge in [-0.1, -0.05) is 45.4 Å². The number of carboxylic acids is 1. The molecule has 1 aromatic rings. The fourth-order valence-electron chi connectivity index (χ4n) is 3.15. The SMILES string of the molecule is CCCC[N+](CC(=O)O)(C(=O)CCl)c1c(CC)cccc1CC. The van der Waals surface area contributed by atoms with E-state index in [2.05, 4.69) is 0 Å². The molecule has 0 aliphatic rings. The zero-order valence-corrected chi connectivity index (χ0v) is 15.0. The average Bonchev–Trinajstić information content (AvgIpc) is 2.56. The highest BCUT2D eigenvalue weighted by atomic mass is 35.5. The Morgan fingerprint density at radius 1 is 1.13 bits per heavy atom. The zero-order valence-electron chi connectivity index (χ0n) is 14.3.